The van der Waals surface area contributed by atoms with Crippen molar-refractivity contribution in [2.24, 2.45) is 5.92 Å². The molecule has 0 spiro atoms. The molecule has 1 aromatic rings. The zero-order valence-electron chi connectivity index (χ0n) is 12.9. The summed E-state index contributed by atoms with van der Waals surface area (Å²) in [5.41, 5.74) is 1.41. The SMILES string of the molecule is CC(C)CNCCCCCN(C)Cc1ccccc1. The van der Waals surface area contributed by atoms with Crippen LogP contribution >= 0.6 is 0 Å². The van der Waals surface area contributed by atoms with Crippen LogP contribution in [0.3, 0.4) is 0 Å². The van der Waals surface area contributed by atoms with Crippen molar-refractivity contribution in [3.63, 3.8) is 0 Å². The van der Waals surface area contributed by atoms with E-state index in [2.05, 4.69) is 61.4 Å². The van der Waals surface area contributed by atoms with Gasteiger partial charge in [0.2, 0.25) is 0 Å². The third-order valence-corrected chi connectivity index (χ3v) is 3.24. The van der Waals surface area contributed by atoms with Crippen molar-refractivity contribution >= 4 is 0 Å². The van der Waals surface area contributed by atoms with Crippen LogP contribution in [-0.2, 0) is 6.54 Å². The van der Waals surface area contributed by atoms with E-state index in [9.17, 15) is 0 Å². The van der Waals surface area contributed by atoms with Crippen molar-refractivity contribution < 1.29 is 0 Å². The molecule has 1 aromatic carbocycles. The van der Waals surface area contributed by atoms with E-state index in [1.165, 1.54) is 37.9 Å². The average Bonchev–Trinajstić information content (AvgIpc) is 2.38. The Kier molecular flexibility index (Phi) is 8.52. The van der Waals surface area contributed by atoms with Gasteiger partial charge in [-0.2, -0.15) is 0 Å². The highest BCUT2D eigenvalue weighted by Gasteiger charge is 1.99. The minimum Gasteiger partial charge on any atom is -0.316 e. The number of nitrogens with zero attached hydrogens (tertiary/aromatic N) is 1. The van der Waals surface area contributed by atoms with E-state index < -0.39 is 0 Å². The Morgan fingerprint density at radius 2 is 1.79 bits per heavy atom. The van der Waals surface area contributed by atoms with Gasteiger partial charge in [-0.25, -0.2) is 0 Å². The number of unbranched alkanes of at least 4 members (excludes halogenated alkanes) is 2. The zero-order valence-corrected chi connectivity index (χ0v) is 12.9. The summed E-state index contributed by atoms with van der Waals surface area (Å²) in [5.74, 6) is 0.761. The molecule has 0 aliphatic rings. The molecular formula is C17H30N2. The standard InChI is InChI=1S/C17H30N2/c1-16(2)14-18-12-8-5-9-13-19(3)15-17-10-6-4-7-11-17/h4,6-7,10-11,16,18H,5,8-9,12-15H2,1-3H3. The molecule has 0 bridgehead atoms. The van der Waals surface area contributed by atoms with E-state index in [-0.39, 0.29) is 0 Å². The van der Waals surface area contributed by atoms with Crippen LogP contribution in [0.1, 0.15) is 38.7 Å². The van der Waals surface area contributed by atoms with Crippen molar-refractivity contribution in [2.75, 3.05) is 26.7 Å². The summed E-state index contributed by atoms with van der Waals surface area (Å²) in [6, 6.07) is 10.7. The molecule has 0 radical (unpaired) electrons. The molecule has 0 unspecified atom stereocenters. The Morgan fingerprint density at radius 1 is 1.05 bits per heavy atom. The maximum absolute atomic E-state index is 3.50. The lowest BCUT2D eigenvalue weighted by Gasteiger charge is -2.16. The van der Waals surface area contributed by atoms with Crippen molar-refractivity contribution in [3.8, 4) is 0 Å². The van der Waals surface area contributed by atoms with Crippen LogP contribution in [0.25, 0.3) is 0 Å². The van der Waals surface area contributed by atoms with Gasteiger partial charge in [-0.15, -0.1) is 0 Å². The lowest BCUT2D eigenvalue weighted by atomic mass is 10.2. The predicted molar refractivity (Wildman–Crippen MR) is 84.3 cm³/mol. The van der Waals surface area contributed by atoms with Crippen LogP contribution in [0.4, 0.5) is 0 Å². The topological polar surface area (TPSA) is 15.3 Å². The molecule has 1 N–H and O–H groups in total. The fourth-order valence-corrected chi connectivity index (χ4v) is 2.17. The molecule has 1 rings (SSSR count). The average molecular weight is 262 g/mol. The molecule has 0 saturated carbocycles. The normalized spacial score (nSPS) is 11.4. The molecule has 108 valence electrons. The Balaban J connectivity index is 1.97. The van der Waals surface area contributed by atoms with Gasteiger partial charge in [0.05, 0.1) is 0 Å². The Labute approximate surface area is 119 Å². The predicted octanol–water partition coefficient (Wildman–Crippen LogP) is 3.53. The monoisotopic (exact) mass is 262 g/mol. The molecule has 0 aliphatic heterocycles. The first kappa shape index (κ1) is 16.2. The molecule has 0 aromatic heterocycles. The summed E-state index contributed by atoms with van der Waals surface area (Å²) in [4.78, 5) is 2.41. The second-order valence-electron chi connectivity index (χ2n) is 5.88. The number of hydrogen-bond acceptors (Lipinski definition) is 2. The van der Waals surface area contributed by atoms with E-state index in [4.69, 9.17) is 0 Å². The van der Waals surface area contributed by atoms with Crippen LogP contribution in [-0.4, -0.2) is 31.6 Å². The quantitative estimate of drug-likeness (QED) is 0.649. The van der Waals surface area contributed by atoms with E-state index in [1.807, 2.05) is 0 Å². The van der Waals surface area contributed by atoms with Gasteiger partial charge in [0.15, 0.2) is 0 Å². The van der Waals surface area contributed by atoms with Gasteiger partial charge in [-0.3, -0.25) is 0 Å². The molecule has 0 amide bonds. The fourth-order valence-electron chi connectivity index (χ4n) is 2.17. The summed E-state index contributed by atoms with van der Waals surface area (Å²) >= 11 is 0. The molecule has 2 nitrogen and oxygen atoms in total. The van der Waals surface area contributed by atoms with E-state index in [0.717, 1.165) is 19.0 Å². The highest BCUT2D eigenvalue weighted by atomic mass is 15.1. The minimum absolute atomic E-state index is 0.761. The van der Waals surface area contributed by atoms with Gasteiger partial charge < -0.3 is 10.2 Å². The molecule has 19 heavy (non-hydrogen) atoms. The molecule has 0 atom stereocenters. The highest BCUT2D eigenvalue weighted by Crippen LogP contribution is 2.04. The molecule has 2 heteroatoms. The second kappa shape index (κ2) is 9.99. The Hall–Kier alpha value is -0.860. The number of nitrogens with one attached hydrogen (secondary N) is 1. The van der Waals surface area contributed by atoms with Crippen molar-refractivity contribution in [2.45, 2.75) is 39.7 Å². The van der Waals surface area contributed by atoms with Crippen LogP contribution in [0.5, 0.6) is 0 Å². The second-order valence-corrected chi connectivity index (χ2v) is 5.88. The van der Waals surface area contributed by atoms with Crippen molar-refractivity contribution in [1.82, 2.24) is 10.2 Å². The first-order chi connectivity index (χ1) is 9.18. The van der Waals surface area contributed by atoms with Gasteiger partial charge in [0, 0.05) is 6.54 Å². The first-order valence-electron chi connectivity index (χ1n) is 7.61. The van der Waals surface area contributed by atoms with Crippen LogP contribution in [0, 0.1) is 5.92 Å². The largest absolute Gasteiger partial charge is 0.316 e. The van der Waals surface area contributed by atoms with E-state index in [0.29, 0.717) is 0 Å². The van der Waals surface area contributed by atoms with E-state index in [1.54, 1.807) is 0 Å². The molecule has 0 heterocycles. The third kappa shape index (κ3) is 8.79. The first-order valence-corrected chi connectivity index (χ1v) is 7.61. The van der Waals surface area contributed by atoms with Gasteiger partial charge in [0.1, 0.15) is 0 Å². The zero-order chi connectivity index (χ0) is 13.9. The highest BCUT2D eigenvalue weighted by molar-refractivity contribution is 5.14. The lowest BCUT2D eigenvalue weighted by Crippen LogP contribution is -2.21. The molecule has 0 aliphatic carbocycles. The van der Waals surface area contributed by atoms with Crippen LogP contribution < -0.4 is 5.32 Å². The van der Waals surface area contributed by atoms with Crippen molar-refractivity contribution in [1.29, 1.82) is 0 Å². The fraction of sp³-hybridized carbons (Fsp3) is 0.647. The summed E-state index contributed by atoms with van der Waals surface area (Å²) in [6.07, 6.45) is 3.92. The molecular weight excluding hydrogens is 232 g/mol. The van der Waals surface area contributed by atoms with Crippen LogP contribution in [0.15, 0.2) is 30.3 Å². The maximum atomic E-state index is 3.50. The summed E-state index contributed by atoms with van der Waals surface area (Å²) < 4.78 is 0. The number of benzene rings is 1. The third-order valence-electron chi connectivity index (χ3n) is 3.24. The smallest absolute Gasteiger partial charge is 0.0230 e. The molecule has 0 saturated heterocycles. The van der Waals surface area contributed by atoms with Gasteiger partial charge in [-0.05, 0) is 51.0 Å². The lowest BCUT2D eigenvalue weighted by molar-refractivity contribution is 0.317. The van der Waals surface area contributed by atoms with Gasteiger partial charge >= 0.3 is 0 Å². The van der Waals surface area contributed by atoms with Crippen LogP contribution in [0.2, 0.25) is 0 Å². The Morgan fingerprint density at radius 3 is 2.47 bits per heavy atom. The summed E-state index contributed by atoms with van der Waals surface area (Å²) in [6.45, 7) is 9.08. The van der Waals surface area contributed by atoms with Crippen molar-refractivity contribution in [3.05, 3.63) is 35.9 Å². The van der Waals surface area contributed by atoms with E-state index >= 15 is 0 Å². The maximum Gasteiger partial charge on any atom is 0.0230 e. The van der Waals surface area contributed by atoms with Gasteiger partial charge in [0.25, 0.3) is 0 Å². The number of rotatable bonds is 10. The molecule has 0 fully saturated rings. The summed E-state index contributed by atoms with van der Waals surface area (Å²) in [5, 5.41) is 3.50. The Bertz CT molecular complexity index is 308. The van der Waals surface area contributed by atoms with Gasteiger partial charge in [-0.1, -0.05) is 50.6 Å². The summed E-state index contributed by atoms with van der Waals surface area (Å²) in [7, 11) is 2.21. The number of hydrogen-bond donors (Lipinski definition) is 1. The minimum atomic E-state index is 0.761.